The third kappa shape index (κ3) is 6.58. The molecule has 140 valence electrons. The van der Waals surface area contributed by atoms with E-state index >= 15 is 0 Å². The van der Waals surface area contributed by atoms with Crippen LogP contribution >= 0.6 is 0 Å². The predicted molar refractivity (Wildman–Crippen MR) is 98.2 cm³/mol. The van der Waals surface area contributed by atoms with E-state index in [1.807, 2.05) is 54.9 Å². The molecule has 7 nitrogen and oxygen atoms in total. The number of nitrogens with one attached hydrogen (secondary N) is 2. The molecule has 0 aliphatic rings. The highest BCUT2D eigenvalue weighted by Crippen LogP contribution is 2.05. The Morgan fingerprint density at radius 1 is 1.23 bits per heavy atom. The van der Waals surface area contributed by atoms with Crippen molar-refractivity contribution in [3.8, 4) is 0 Å². The number of alkyl carbamates (subject to hydrolysis) is 1. The quantitative estimate of drug-likeness (QED) is 0.674. The SMILES string of the molecule is CC(C)[C@H](NC(=O)OCc1ccccc1)C(=O)NCCCn1ccnc1. The molecule has 0 spiro atoms. The van der Waals surface area contributed by atoms with Gasteiger partial charge in [-0.3, -0.25) is 4.79 Å². The van der Waals surface area contributed by atoms with Crippen molar-refractivity contribution in [3.63, 3.8) is 0 Å². The number of benzene rings is 1. The van der Waals surface area contributed by atoms with E-state index in [0.29, 0.717) is 6.54 Å². The molecule has 2 N–H and O–H groups in total. The summed E-state index contributed by atoms with van der Waals surface area (Å²) < 4.78 is 7.14. The van der Waals surface area contributed by atoms with Crippen molar-refractivity contribution < 1.29 is 14.3 Å². The van der Waals surface area contributed by atoms with Crippen LogP contribution in [0.25, 0.3) is 0 Å². The lowest BCUT2D eigenvalue weighted by molar-refractivity contribution is -0.124. The predicted octanol–water partition coefficient (Wildman–Crippen LogP) is 2.34. The maximum Gasteiger partial charge on any atom is 0.408 e. The van der Waals surface area contributed by atoms with Gasteiger partial charge in [-0.1, -0.05) is 44.2 Å². The van der Waals surface area contributed by atoms with E-state index in [2.05, 4.69) is 15.6 Å². The average molecular weight is 358 g/mol. The third-order valence-corrected chi connectivity index (χ3v) is 3.89. The summed E-state index contributed by atoms with van der Waals surface area (Å²) in [6, 6.07) is 8.78. The van der Waals surface area contributed by atoms with E-state index in [1.165, 1.54) is 0 Å². The smallest absolute Gasteiger partial charge is 0.408 e. The molecule has 2 amide bonds. The summed E-state index contributed by atoms with van der Waals surface area (Å²) >= 11 is 0. The molecule has 0 bridgehead atoms. The minimum absolute atomic E-state index is 0.0482. The Hall–Kier alpha value is -2.83. The summed E-state index contributed by atoms with van der Waals surface area (Å²) in [5.41, 5.74) is 0.896. The monoisotopic (exact) mass is 358 g/mol. The van der Waals surface area contributed by atoms with Crippen molar-refractivity contribution in [3.05, 3.63) is 54.6 Å². The molecule has 0 aliphatic heterocycles. The van der Waals surface area contributed by atoms with Crippen LogP contribution in [0.4, 0.5) is 4.79 Å². The summed E-state index contributed by atoms with van der Waals surface area (Å²) in [6.07, 6.45) is 5.52. The summed E-state index contributed by atoms with van der Waals surface area (Å²) in [5, 5.41) is 5.52. The first kappa shape index (κ1) is 19.5. The summed E-state index contributed by atoms with van der Waals surface area (Å²) in [4.78, 5) is 28.3. The molecule has 1 atom stereocenters. The molecule has 2 rings (SSSR count). The average Bonchev–Trinajstić information content (AvgIpc) is 3.15. The second-order valence-electron chi connectivity index (χ2n) is 6.37. The van der Waals surface area contributed by atoms with Crippen LogP contribution in [0.15, 0.2) is 49.1 Å². The molecule has 26 heavy (non-hydrogen) atoms. The van der Waals surface area contributed by atoms with Gasteiger partial charge < -0.3 is 19.9 Å². The van der Waals surface area contributed by atoms with Gasteiger partial charge in [0.1, 0.15) is 12.6 Å². The van der Waals surface area contributed by atoms with E-state index in [-0.39, 0.29) is 18.4 Å². The number of aryl methyl sites for hydroxylation is 1. The van der Waals surface area contributed by atoms with Gasteiger partial charge in [0.05, 0.1) is 6.33 Å². The van der Waals surface area contributed by atoms with Gasteiger partial charge in [0, 0.05) is 25.5 Å². The van der Waals surface area contributed by atoms with Crippen molar-refractivity contribution in [2.45, 2.75) is 39.5 Å². The van der Waals surface area contributed by atoms with Crippen LogP contribution in [0, 0.1) is 5.92 Å². The Morgan fingerprint density at radius 2 is 2.00 bits per heavy atom. The lowest BCUT2D eigenvalue weighted by Crippen LogP contribution is -2.50. The first-order chi connectivity index (χ1) is 12.6. The molecule has 0 saturated heterocycles. The zero-order valence-corrected chi connectivity index (χ0v) is 15.2. The highest BCUT2D eigenvalue weighted by molar-refractivity contribution is 5.85. The lowest BCUT2D eigenvalue weighted by Gasteiger charge is -2.21. The number of amides is 2. The largest absolute Gasteiger partial charge is 0.445 e. The van der Waals surface area contributed by atoms with Crippen LogP contribution in [-0.2, 0) is 22.7 Å². The van der Waals surface area contributed by atoms with E-state index < -0.39 is 12.1 Å². The molecule has 2 aromatic rings. The number of rotatable bonds is 9. The van der Waals surface area contributed by atoms with Crippen molar-refractivity contribution in [2.75, 3.05) is 6.54 Å². The number of carbonyl (C=O) groups is 2. The van der Waals surface area contributed by atoms with Crippen LogP contribution in [0.5, 0.6) is 0 Å². The second-order valence-corrected chi connectivity index (χ2v) is 6.37. The molecule has 0 fully saturated rings. The van der Waals surface area contributed by atoms with Crippen molar-refractivity contribution in [1.82, 2.24) is 20.2 Å². The maximum atomic E-state index is 12.4. The summed E-state index contributed by atoms with van der Waals surface area (Å²) in [6.45, 7) is 5.24. The zero-order chi connectivity index (χ0) is 18.8. The Bertz CT molecular complexity index is 671. The first-order valence-electron chi connectivity index (χ1n) is 8.77. The molecular formula is C19H26N4O3. The minimum atomic E-state index is -0.633. The lowest BCUT2D eigenvalue weighted by atomic mass is 10.0. The van der Waals surface area contributed by atoms with Gasteiger partial charge >= 0.3 is 6.09 Å². The Kier molecular flexibility index (Phi) is 7.67. The van der Waals surface area contributed by atoms with E-state index in [0.717, 1.165) is 18.5 Å². The Labute approximate surface area is 153 Å². The molecule has 1 aromatic carbocycles. The van der Waals surface area contributed by atoms with E-state index in [9.17, 15) is 9.59 Å². The first-order valence-corrected chi connectivity index (χ1v) is 8.77. The van der Waals surface area contributed by atoms with Crippen LogP contribution in [0.2, 0.25) is 0 Å². The van der Waals surface area contributed by atoms with E-state index in [1.54, 1.807) is 12.5 Å². The van der Waals surface area contributed by atoms with Gasteiger partial charge in [0.25, 0.3) is 0 Å². The van der Waals surface area contributed by atoms with Gasteiger partial charge in [0.2, 0.25) is 5.91 Å². The third-order valence-electron chi connectivity index (χ3n) is 3.89. The number of ether oxygens (including phenoxy) is 1. The topological polar surface area (TPSA) is 85.2 Å². The van der Waals surface area contributed by atoms with Gasteiger partial charge in [-0.05, 0) is 17.9 Å². The molecule has 0 unspecified atom stereocenters. The maximum absolute atomic E-state index is 12.4. The van der Waals surface area contributed by atoms with Crippen LogP contribution in [0.3, 0.4) is 0 Å². The number of nitrogens with zero attached hydrogens (tertiary/aromatic N) is 2. The van der Waals surface area contributed by atoms with Gasteiger partial charge in [0.15, 0.2) is 0 Å². The molecule has 7 heteroatoms. The molecule has 0 radical (unpaired) electrons. The number of imidazole rings is 1. The highest BCUT2D eigenvalue weighted by atomic mass is 16.5. The molecule has 0 saturated carbocycles. The molecular weight excluding hydrogens is 332 g/mol. The number of carbonyl (C=O) groups excluding carboxylic acids is 2. The van der Waals surface area contributed by atoms with Gasteiger partial charge in [-0.25, -0.2) is 9.78 Å². The Morgan fingerprint density at radius 3 is 2.65 bits per heavy atom. The minimum Gasteiger partial charge on any atom is -0.445 e. The fourth-order valence-corrected chi connectivity index (χ4v) is 2.43. The van der Waals surface area contributed by atoms with Gasteiger partial charge in [-0.2, -0.15) is 0 Å². The summed E-state index contributed by atoms with van der Waals surface area (Å²) in [7, 11) is 0. The number of hydrogen-bond acceptors (Lipinski definition) is 4. The van der Waals surface area contributed by atoms with E-state index in [4.69, 9.17) is 4.74 Å². The van der Waals surface area contributed by atoms with Crippen LogP contribution in [-0.4, -0.2) is 34.1 Å². The van der Waals surface area contributed by atoms with Crippen molar-refractivity contribution in [1.29, 1.82) is 0 Å². The fourth-order valence-electron chi connectivity index (χ4n) is 2.43. The normalized spacial score (nSPS) is 11.8. The fraction of sp³-hybridized carbons (Fsp3) is 0.421. The van der Waals surface area contributed by atoms with Crippen LogP contribution < -0.4 is 10.6 Å². The zero-order valence-electron chi connectivity index (χ0n) is 15.2. The van der Waals surface area contributed by atoms with Crippen molar-refractivity contribution >= 4 is 12.0 Å². The summed E-state index contributed by atoms with van der Waals surface area (Å²) in [5.74, 6) is -0.254. The standard InChI is InChI=1S/C19H26N4O3/c1-15(2)17(18(24)21-9-6-11-23-12-10-20-14-23)22-19(25)26-13-16-7-4-3-5-8-16/h3-5,7-8,10,12,14-15,17H,6,9,11,13H2,1-2H3,(H,21,24)(H,22,25)/t17-/m0/s1. The molecule has 0 aliphatic carbocycles. The number of aromatic nitrogens is 2. The Balaban J connectivity index is 1.73. The second kappa shape index (κ2) is 10.2. The van der Waals surface area contributed by atoms with Crippen LogP contribution in [0.1, 0.15) is 25.8 Å². The molecule has 1 aromatic heterocycles. The van der Waals surface area contributed by atoms with Crippen molar-refractivity contribution in [2.24, 2.45) is 5.92 Å². The number of hydrogen-bond donors (Lipinski definition) is 2. The molecule has 1 heterocycles. The highest BCUT2D eigenvalue weighted by Gasteiger charge is 2.24. The van der Waals surface area contributed by atoms with Gasteiger partial charge in [-0.15, -0.1) is 0 Å².